The van der Waals surface area contributed by atoms with E-state index in [2.05, 4.69) is 10.2 Å². The molecular weight excluding hydrogens is 574 g/mol. The predicted octanol–water partition coefficient (Wildman–Crippen LogP) is 4.76. The number of hydrogen-bond acceptors (Lipinski definition) is 5. The Bertz CT molecular complexity index is 1680. The van der Waals surface area contributed by atoms with Crippen molar-refractivity contribution in [2.45, 2.75) is 11.4 Å². The number of carbonyl (C=O) groups is 2. The van der Waals surface area contributed by atoms with Gasteiger partial charge in [-0.2, -0.15) is 4.31 Å². The number of piperazine rings is 1. The van der Waals surface area contributed by atoms with Crippen LogP contribution in [-0.4, -0.2) is 62.2 Å². The van der Waals surface area contributed by atoms with Crippen molar-refractivity contribution in [1.82, 2.24) is 9.21 Å². The van der Waals surface area contributed by atoms with E-state index in [9.17, 15) is 26.8 Å². The first-order chi connectivity index (χ1) is 20.7. The Balaban J connectivity index is 1.21. The molecule has 1 aliphatic rings. The number of nitrogens with one attached hydrogen (secondary N) is 1. The van der Waals surface area contributed by atoms with Crippen LogP contribution >= 0.6 is 0 Å². The fourth-order valence-electron chi connectivity index (χ4n) is 4.85. The van der Waals surface area contributed by atoms with E-state index in [0.717, 1.165) is 9.99 Å². The molecule has 5 rings (SSSR count). The second-order valence-electron chi connectivity index (χ2n) is 10.1. The van der Waals surface area contributed by atoms with Gasteiger partial charge in [0.25, 0.3) is 5.91 Å². The minimum atomic E-state index is -4.03. The summed E-state index contributed by atoms with van der Waals surface area (Å²) in [5.41, 5.74) is 1.97. The Morgan fingerprint density at radius 3 is 2.05 bits per heavy atom. The van der Waals surface area contributed by atoms with E-state index in [1.807, 2.05) is 12.1 Å². The maximum absolute atomic E-state index is 14.0. The smallest absolute Gasteiger partial charge is 0.256 e. The fraction of sp³-hybridized carbons (Fsp3) is 0.188. The normalized spacial score (nSPS) is 13.7. The van der Waals surface area contributed by atoms with Crippen LogP contribution in [0.1, 0.15) is 15.9 Å². The average Bonchev–Trinajstić information content (AvgIpc) is 3.02. The predicted molar refractivity (Wildman–Crippen MR) is 160 cm³/mol. The number of anilines is 2. The van der Waals surface area contributed by atoms with Crippen LogP contribution < -0.4 is 10.2 Å². The first-order valence-corrected chi connectivity index (χ1v) is 15.1. The summed E-state index contributed by atoms with van der Waals surface area (Å²) in [6.07, 6.45) is 0. The van der Waals surface area contributed by atoms with E-state index < -0.39 is 34.1 Å². The number of rotatable bonds is 9. The van der Waals surface area contributed by atoms with E-state index >= 15 is 0 Å². The molecule has 0 aromatic heterocycles. The van der Waals surface area contributed by atoms with Crippen molar-refractivity contribution in [1.29, 1.82) is 0 Å². The van der Waals surface area contributed by atoms with Gasteiger partial charge in [0.05, 0.1) is 17.0 Å². The third-order valence-electron chi connectivity index (χ3n) is 7.16. The molecule has 1 N–H and O–H groups in total. The van der Waals surface area contributed by atoms with E-state index in [0.29, 0.717) is 37.4 Å². The van der Waals surface area contributed by atoms with Gasteiger partial charge in [-0.25, -0.2) is 17.2 Å². The maximum Gasteiger partial charge on any atom is 0.256 e. The molecule has 4 aromatic rings. The van der Waals surface area contributed by atoms with Crippen molar-refractivity contribution in [2.75, 3.05) is 42.9 Å². The Labute approximate surface area is 249 Å². The van der Waals surface area contributed by atoms with Gasteiger partial charge in [0.2, 0.25) is 15.9 Å². The molecule has 2 amide bonds. The van der Waals surface area contributed by atoms with E-state index in [1.165, 1.54) is 48.5 Å². The number of hydrogen-bond donors (Lipinski definition) is 1. The zero-order valence-electron chi connectivity index (χ0n) is 23.2. The lowest BCUT2D eigenvalue weighted by molar-refractivity contribution is -0.116. The van der Waals surface area contributed by atoms with Gasteiger partial charge in [-0.05, 0) is 66.2 Å². The summed E-state index contributed by atoms with van der Waals surface area (Å²) in [5, 5.41) is 2.75. The molecule has 0 spiro atoms. The summed E-state index contributed by atoms with van der Waals surface area (Å²) in [4.78, 5) is 29.5. The standard InChI is InChI=1S/C32H30F2N4O4S/c33-25-12-10-24(11-13-25)22-38(43(41,42)28-6-2-1-3-7-28)23-31(39)35-26-14-16-27(17-15-26)36-18-20-37(21-19-36)32(40)29-8-4-5-9-30(29)34/h1-17H,18-23H2,(H,35,39). The minimum Gasteiger partial charge on any atom is -0.368 e. The first kappa shape index (κ1) is 29.9. The molecule has 0 aliphatic carbocycles. The van der Waals surface area contributed by atoms with Crippen LogP contribution in [0.25, 0.3) is 0 Å². The minimum absolute atomic E-state index is 0.0463. The summed E-state index contributed by atoms with van der Waals surface area (Å²) in [5.74, 6) is -1.85. The molecule has 4 aromatic carbocycles. The zero-order valence-corrected chi connectivity index (χ0v) is 24.0. The Hall–Kier alpha value is -4.61. The number of amides is 2. The van der Waals surface area contributed by atoms with Crippen LogP contribution in [0.15, 0.2) is 108 Å². The monoisotopic (exact) mass is 604 g/mol. The van der Waals surface area contributed by atoms with Crippen molar-refractivity contribution >= 4 is 33.2 Å². The highest BCUT2D eigenvalue weighted by Crippen LogP contribution is 2.22. The van der Waals surface area contributed by atoms with Crippen LogP contribution in [0.2, 0.25) is 0 Å². The van der Waals surface area contributed by atoms with E-state index in [-0.39, 0.29) is 22.9 Å². The van der Waals surface area contributed by atoms with Gasteiger partial charge in [0.15, 0.2) is 0 Å². The first-order valence-electron chi connectivity index (χ1n) is 13.7. The van der Waals surface area contributed by atoms with Gasteiger partial charge in [0.1, 0.15) is 11.6 Å². The molecule has 0 atom stereocenters. The number of carbonyl (C=O) groups excluding carboxylic acids is 2. The van der Waals surface area contributed by atoms with Gasteiger partial charge in [-0.1, -0.05) is 42.5 Å². The summed E-state index contributed by atoms with van der Waals surface area (Å²) < 4.78 is 55.3. The molecule has 1 saturated heterocycles. The van der Waals surface area contributed by atoms with Gasteiger partial charge < -0.3 is 15.1 Å². The second kappa shape index (κ2) is 13.1. The van der Waals surface area contributed by atoms with Crippen LogP contribution in [0.4, 0.5) is 20.2 Å². The Morgan fingerprint density at radius 2 is 1.40 bits per heavy atom. The summed E-state index contributed by atoms with van der Waals surface area (Å²) in [6, 6.07) is 26.3. The molecule has 43 heavy (non-hydrogen) atoms. The molecule has 11 heteroatoms. The zero-order chi connectivity index (χ0) is 30.4. The topological polar surface area (TPSA) is 90.0 Å². The van der Waals surface area contributed by atoms with E-state index in [4.69, 9.17) is 0 Å². The SMILES string of the molecule is O=C(CN(Cc1ccc(F)cc1)S(=O)(=O)c1ccccc1)Nc1ccc(N2CCN(C(=O)c3ccccc3F)CC2)cc1. The van der Waals surface area contributed by atoms with Crippen LogP contribution in [0.3, 0.4) is 0 Å². The van der Waals surface area contributed by atoms with Gasteiger partial charge in [-0.3, -0.25) is 9.59 Å². The van der Waals surface area contributed by atoms with Crippen molar-refractivity contribution in [2.24, 2.45) is 0 Å². The molecule has 1 heterocycles. The van der Waals surface area contributed by atoms with Gasteiger partial charge >= 0.3 is 0 Å². The summed E-state index contributed by atoms with van der Waals surface area (Å²) in [6.45, 7) is 1.42. The third-order valence-corrected chi connectivity index (χ3v) is 8.97. The highest BCUT2D eigenvalue weighted by Gasteiger charge is 2.27. The maximum atomic E-state index is 14.0. The lowest BCUT2D eigenvalue weighted by Crippen LogP contribution is -2.49. The molecule has 0 radical (unpaired) electrons. The molecule has 0 bridgehead atoms. The highest BCUT2D eigenvalue weighted by atomic mass is 32.2. The molecular formula is C32H30F2N4O4S. The fourth-order valence-corrected chi connectivity index (χ4v) is 6.26. The second-order valence-corrected chi connectivity index (χ2v) is 12.0. The molecule has 1 fully saturated rings. The molecule has 0 unspecified atom stereocenters. The number of nitrogens with zero attached hydrogens (tertiary/aromatic N) is 3. The highest BCUT2D eigenvalue weighted by molar-refractivity contribution is 7.89. The van der Waals surface area contributed by atoms with Crippen molar-refractivity contribution in [3.05, 3.63) is 126 Å². The number of sulfonamides is 1. The van der Waals surface area contributed by atoms with Crippen molar-refractivity contribution in [3.8, 4) is 0 Å². The van der Waals surface area contributed by atoms with Crippen molar-refractivity contribution < 1.29 is 26.8 Å². The van der Waals surface area contributed by atoms with E-state index in [1.54, 1.807) is 47.4 Å². The lowest BCUT2D eigenvalue weighted by atomic mass is 10.1. The van der Waals surface area contributed by atoms with Crippen molar-refractivity contribution in [3.63, 3.8) is 0 Å². The Morgan fingerprint density at radius 1 is 0.767 bits per heavy atom. The average molecular weight is 605 g/mol. The number of halogens is 2. The molecule has 0 saturated carbocycles. The van der Waals surface area contributed by atoms with Crippen LogP contribution in [-0.2, 0) is 21.4 Å². The largest absolute Gasteiger partial charge is 0.368 e. The number of benzene rings is 4. The lowest BCUT2D eigenvalue weighted by Gasteiger charge is -2.36. The van der Waals surface area contributed by atoms with Gasteiger partial charge in [-0.15, -0.1) is 0 Å². The quantitative estimate of drug-likeness (QED) is 0.298. The molecule has 1 aliphatic heterocycles. The van der Waals surface area contributed by atoms with Crippen LogP contribution in [0, 0.1) is 11.6 Å². The van der Waals surface area contributed by atoms with Crippen LogP contribution in [0.5, 0.6) is 0 Å². The molecule has 8 nitrogen and oxygen atoms in total. The summed E-state index contributed by atoms with van der Waals surface area (Å²) >= 11 is 0. The third kappa shape index (κ3) is 7.25. The van der Waals surface area contributed by atoms with Gasteiger partial charge in [0, 0.05) is 44.1 Å². The molecule has 222 valence electrons. The summed E-state index contributed by atoms with van der Waals surface area (Å²) in [7, 11) is -4.03. The Kier molecular flexibility index (Phi) is 9.13.